The smallest absolute Gasteiger partial charge is 0.350 e. The molecule has 0 radical (unpaired) electrons. The van der Waals surface area contributed by atoms with Gasteiger partial charge in [-0.05, 0) is 13.0 Å². The Morgan fingerprint density at radius 2 is 1.93 bits per heavy atom. The van der Waals surface area contributed by atoms with Gasteiger partial charge in [0.2, 0.25) is 0 Å². The van der Waals surface area contributed by atoms with Gasteiger partial charge in [-0.3, -0.25) is 4.79 Å². The number of halogens is 1. The lowest BCUT2D eigenvalue weighted by atomic mass is 10.0. The van der Waals surface area contributed by atoms with Crippen molar-refractivity contribution >= 4 is 57.1 Å². The van der Waals surface area contributed by atoms with Crippen molar-refractivity contribution in [1.29, 1.82) is 0 Å². The van der Waals surface area contributed by atoms with Crippen LogP contribution in [0.5, 0.6) is 0 Å². The second kappa shape index (κ2) is 9.17. The summed E-state index contributed by atoms with van der Waals surface area (Å²) in [4.78, 5) is 40.8. The van der Waals surface area contributed by atoms with Crippen LogP contribution in [0.15, 0.2) is 35.8 Å². The summed E-state index contributed by atoms with van der Waals surface area (Å²) in [7, 11) is 1.25. The highest BCUT2D eigenvalue weighted by atomic mass is 35.5. The van der Waals surface area contributed by atoms with Gasteiger partial charge in [0, 0.05) is 21.5 Å². The molecule has 0 fully saturated rings. The van der Waals surface area contributed by atoms with Gasteiger partial charge in [-0.1, -0.05) is 29.8 Å². The van der Waals surface area contributed by atoms with Crippen LogP contribution in [-0.2, 0) is 14.3 Å². The molecule has 3 aromatic rings. The Morgan fingerprint density at radius 1 is 1.17 bits per heavy atom. The van der Waals surface area contributed by atoms with Crippen LogP contribution in [-0.4, -0.2) is 36.5 Å². The molecule has 2 heterocycles. The van der Waals surface area contributed by atoms with Gasteiger partial charge in [0.15, 0.2) is 6.61 Å². The number of benzene rings is 1. The molecule has 0 saturated heterocycles. The average Bonchev–Trinajstić information content (AvgIpc) is 3.32. The van der Waals surface area contributed by atoms with Crippen LogP contribution in [0.1, 0.15) is 25.0 Å². The molecule has 1 amide bonds. The number of amides is 1. The van der Waals surface area contributed by atoms with Crippen molar-refractivity contribution in [3.8, 4) is 11.1 Å². The summed E-state index contributed by atoms with van der Waals surface area (Å²) in [5, 5.41) is 5.75. The molecule has 2 aromatic heterocycles. The molecule has 0 bridgehead atoms. The second-order valence-corrected chi connectivity index (χ2v) is 8.21. The molecular formula is C19H15ClN2O5S2. The minimum atomic E-state index is -0.637. The van der Waals surface area contributed by atoms with Crippen molar-refractivity contribution in [2.45, 2.75) is 6.92 Å². The normalized spacial score (nSPS) is 10.4. The van der Waals surface area contributed by atoms with Gasteiger partial charge in [0.25, 0.3) is 5.91 Å². The molecule has 29 heavy (non-hydrogen) atoms. The zero-order chi connectivity index (χ0) is 21.0. The Balaban J connectivity index is 1.76. The molecule has 7 nitrogen and oxygen atoms in total. The lowest BCUT2D eigenvalue weighted by Gasteiger charge is -2.09. The Labute approximate surface area is 179 Å². The standard InChI is InChI=1S/C19H15ClN2O5S2/c1-10-21-7-14(29-10)18(24)27-8-15(23)22-17-16(19(25)26-2)12(9-28-17)11-5-3-4-6-13(11)20/h3-7,9H,8H2,1-2H3,(H,22,23). The number of hydrogen-bond donors (Lipinski definition) is 1. The summed E-state index contributed by atoms with van der Waals surface area (Å²) in [5.74, 6) is -1.84. The lowest BCUT2D eigenvalue weighted by Crippen LogP contribution is -2.21. The van der Waals surface area contributed by atoms with Crippen LogP contribution in [0.4, 0.5) is 5.00 Å². The van der Waals surface area contributed by atoms with E-state index in [0.29, 0.717) is 21.0 Å². The van der Waals surface area contributed by atoms with Crippen LogP contribution in [0.25, 0.3) is 11.1 Å². The zero-order valence-electron chi connectivity index (χ0n) is 15.4. The Hall–Kier alpha value is -2.75. The summed E-state index contributed by atoms with van der Waals surface area (Å²) < 4.78 is 9.86. The third-order valence-electron chi connectivity index (χ3n) is 3.75. The maximum atomic E-state index is 12.3. The third kappa shape index (κ3) is 4.81. The van der Waals surface area contributed by atoms with Gasteiger partial charge >= 0.3 is 11.9 Å². The number of hydrogen-bond acceptors (Lipinski definition) is 8. The quantitative estimate of drug-likeness (QED) is 0.559. The second-order valence-electron chi connectivity index (χ2n) is 5.69. The van der Waals surface area contributed by atoms with Crippen molar-refractivity contribution in [3.63, 3.8) is 0 Å². The first-order chi connectivity index (χ1) is 13.9. The van der Waals surface area contributed by atoms with Crippen molar-refractivity contribution in [1.82, 2.24) is 4.98 Å². The molecule has 0 unspecified atom stereocenters. The van der Waals surface area contributed by atoms with Crippen LogP contribution < -0.4 is 5.32 Å². The highest BCUT2D eigenvalue weighted by Crippen LogP contribution is 2.39. The van der Waals surface area contributed by atoms with E-state index in [4.69, 9.17) is 21.1 Å². The topological polar surface area (TPSA) is 94.6 Å². The predicted octanol–water partition coefficient (Wildman–Crippen LogP) is 4.42. The van der Waals surface area contributed by atoms with Gasteiger partial charge in [0.05, 0.1) is 18.3 Å². The maximum absolute atomic E-state index is 12.3. The van der Waals surface area contributed by atoms with E-state index in [1.165, 1.54) is 24.6 Å². The molecule has 0 atom stereocenters. The number of nitrogens with zero attached hydrogens (tertiary/aromatic N) is 1. The van der Waals surface area contributed by atoms with E-state index in [-0.39, 0.29) is 10.6 Å². The molecule has 1 aromatic carbocycles. The molecule has 10 heteroatoms. The number of thiazole rings is 1. The number of thiophene rings is 1. The summed E-state index contributed by atoms with van der Waals surface area (Å²) in [5.41, 5.74) is 1.36. The molecule has 0 aliphatic heterocycles. The number of anilines is 1. The lowest BCUT2D eigenvalue weighted by molar-refractivity contribution is -0.119. The number of carbonyl (C=O) groups is 3. The fourth-order valence-electron chi connectivity index (χ4n) is 2.45. The fourth-order valence-corrected chi connectivity index (χ4v) is 4.33. The van der Waals surface area contributed by atoms with Crippen molar-refractivity contribution in [3.05, 3.63) is 56.3 Å². The van der Waals surface area contributed by atoms with E-state index in [0.717, 1.165) is 16.3 Å². The van der Waals surface area contributed by atoms with Crippen LogP contribution in [0.3, 0.4) is 0 Å². The summed E-state index contributed by atoms with van der Waals surface area (Å²) in [6, 6.07) is 7.03. The average molecular weight is 451 g/mol. The van der Waals surface area contributed by atoms with E-state index in [1.807, 2.05) is 0 Å². The monoisotopic (exact) mass is 450 g/mol. The number of rotatable bonds is 6. The maximum Gasteiger partial charge on any atom is 0.350 e. The molecule has 0 saturated carbocycles. The number of carbonyl (C=O) groups excluding carboxylic acids is 3. The van der Waals surface area contributed by atoms with E-state index in [2.05, 4.69) is 10.3 Å². The van der Waals surface area contributed by atoms with Gasteiger partial charge in [-0.2, -0.15) is 0 Å². The van der Waals surface area contributed by atoms with Gasteiger partial charge in [-0.25, -0.2) is 14.6 Å². The molecule has 0 aliphatic carbocycles. The number of nitrogens with one attached hydrogen (secondary N) is 1. The van der Waals surface area contributed by atoms with E-state index in [9.17, 15) is 14.4 Å². The zero-order valence-corrected chi connectivity index (χ0v) is 17.7. The number of aryl methyl sites for hydroxylation is 1. The largest absolute Gasteiger partial charge is 0.465 e. The SMILES string of the molecule is COC(=O)c1c(-c2ccccc2Cl)csc1NC(=O)COC(=O)c1cnc(C)s1. The Kier molecular flexibility index (Phi) is 6.63. The number of ether oxygens (including phenoxy) is 2. The van der Waals surface area contributed by atoms with Crippen LogP contribution >= 0.6 is 34.3 Å². The van der Waals surface area contributed by atoms with Crippen molar-refractivity contribution in [2.24, 2.45) is 0 Å². The minimum Gasteiger partial charge on any atom is -0.465 e. The van der Waals surface area contributed by atoms with Crippen molar-refractivity contribution < 1.29 is 23.9 Å². The van der Waals surface area contributed by atoms with E-state index in [1.54, 1.807) is 36.6 Å². The van der Waals surface area contributed by atoms with Crippen LogP contribution in [0, 0.1) is 6.92 Å². The van der Waals surface area contributed by atoms with Crippen LogP contribution in [0.2, 0.25) is 5.02 Å². The fraction of sp³-hybridized carbons (Fsp3) is 0.158. The highest BCUT2D eigenvalue weighted by Gasteiger charge is 2.24. The van der Waals surface area contributed by atoms with Gasteiger partial charge in [-0.15, -0.1) is 22.7 Å². The minimum absolute atomic E-state index is 0.184. The molecular weight excluding hydrogens is 436 g/mol. The van der Waals surface area contributed by atoms with Gasteiger partial charge < -0.3 is 14.8 Å². The Morgan fingerprint density at radius 3 is 2.59 bits per heavy atom. The number of methoxy groups -OCH3 is 1. The third-order valence-corrected chi connectivity index (χ3v) is 5.87. The highest BCUT2D eigenvalue weighted by molar-refractivity contribution is 7.15. The Bertz CT molecular complexity index is 1080. The molecule has 1 N–H and O–H groups in total. The van der Waals surface area contributed by atoms with E-state index < -0.39 is 24.5 Å². The summed E-state index contributed by atoms with van der Waals surface area (Å²) in [6.07, 6.45) is 1.39. The molecule has 150 valence electrons. The van der Waals surface area contributed by atoms with Crippen molar-refractivity contribution in [2.75, 3.05) is 19.0 Å². The molecule has 0 aliphatic rings. The summed E-state index contributed by atoms with van der Waals surface area (Å²) in [6.45, 7) is 1.26. The first-order valence-corrected chi connectivity index (χ1v) is 10.3. The first kappa shape index (κ1) is 21.0. The molecule has 0 spiro atoms. The number of aromatic nitrogens is 1. The summed E-state index contributed by atoms with van der Waals surface area (Å²) >= 11 is 8.56. The van der Waals surface area contributed by atoms with Gasteiger partial charge in [0.1, 0.15) is 15.4 Å². The number of esters is 2. The van der Waals surface area contributed by atoms with E-state index >= 15 is 0 Å². The first-order valence-electron chi connectivity index (χ1n) is 8.24. The molecule has 3 rings (SSSR count). The predicted molar refractivity (Wildman–Crippen MR) is 112 cm³/mol.